The molecule has 0 radical (unpaired) electrons. The largest absolute Gasteiger partial charge is 0.487 e. The average Bonchev–Trinajstić information content (AvgIpc) is 3.48. The van der Waals surface area contributed by atoms with E-state index in [4.69, 9.17) is 14.5 Å². The SMILES string of the molecule is O=C(Nc1ccc2nc(N3CCOCC3)sc2c1)c1ccc(OCc2cscn2)cc1. The Balaban J connectivity index is 1.24. The lowest BCUT2D eigenvalue weighted by molar-refractivity contribution is 0.102. The van der Waals surface area contributed by atoms with Gasteiger partial charge in [-0.1, -0.05) is 11.3 Å². The second-order valence-corrected chi connectivity index (χ2v) is 8.75. The summed E-state index contributed by atoms with van der Waals surface area (Å²) in [4.78, 5) is 23.8. The lowest BCUT2D eigenvalue weighted by Crippen LogP contribution is -2.36. The molecule has 1 amide bonds. The van der Waals surface area contributed by atoms with E-state index in [0.29, 0.717) is 17.9 Å². The number of carbonyl (C=O) groups is 1. The van der Waals surface area contributed by atoms with E-state index < -0.39 is 0 Å². The van der Waals surface area contributed by atoms with E-state index in [9.17, 15) is 4.79 Å². The molecule has 1 fully saturated rings. The molecular formula is C22H20N4O3S2. The number of hydrogen-bond acceptors (Lipinski definition) is 8. The highest BCUT2D eigenvalue weighted by atomic mass is 32.1. The molecule has 1 aliphatic heterocycles. The van der Waals surface area contributed by atoms with Crippen molar-refractivity contribution in [1.82, 2.24) is 9.97 Å². The Hall–Kier alpha value is -3.01. The molecule has 4 aromatic rings. The molecule has 9 heteroatoms. The zero-order valence-corrected chi connectivity index (χ0v) is 18.2. The highest BCUT2D eigenvalue weighted by Gasteiger charge is 2.16. The predicted octanol–water partition coefficient (Wildman–Crippen LogP) is 4.42. The lowest BCUT2D eigenvalue weighted by atomic mass is 10.2. The van der Waals surface area contributed by atoms with Crippen molar-refractivity contribution in [3.8, 4) is 5.75 Å². The van der Waals surface area contributed by atoms with Crippen LogP contribution in [0.3, 0.4) is 0 Å². The Bertz CT molecular complexity index is 1170. The first-order valence-electron chi connectivity index (χ1n) is 9.89. The summed E-state index contributed by atoms with van der Waals surface area (Å²) in [6.45, 7) is 3.58. The quantitative estimate of drug-likeness (QED) is 0.467. The zero-order chi connectivity index (χ0) is 21.0. The molecule has 0 atom stereocenters. The number of amides is 1. The summed E-state index contributed by atoms with van der Waals surface area (Å²) in [5.41, 5.74) is 4.92. The van der Waals surface area contributed by atoms with Gasteiger partial charge in [-0.15, -0.1) is 11.3 Å². The smallest absolute Gasteiger partial charge is 0.255 e. The first-order valence-corrected chi connectivity index (χ1v) is 11.6. The summed E-state index contributed by atoms with van der Waals surface area (Å²) in [6.07, 6.45) is 0. The maximum atomic E-state index is 12.7. The van der Waals surface area contributed by atoms with Crippen LogP contribution < -0.4 is 15.0 Å². The van der Waals surface area contributed by atoms with Gasteiger partial charge in [0, 0.05) is 29.7 Å². The molecule has 0 bridgehead atoms. The van der Waals surface area contributed by atoms with Crippen LogP contribution in [0, 0.1) is 0 Å². The van der Waals surface area contributed by atoms with Gasteiger partial charge in [0.1, 0.15) is 12.4 Å². The Labute approximate surface area is 187 Å². The van der Waals surface area contributed by atoms with Crippen molar-refractivity contribution in [2.45, 2.75) is 6.61 Å². The van der Waals surface area contributed by atoms with Crippen molar-refractivity contribution in [3.63, 3.8) is 0 Å². The summed E-state index contributed by atoms with van der Waals surface area (Å²) in [6, 6.07) is 12.9. The van der Waals surface area contributed by atoms with Crippen LogP contribution in [0.5, 0.6) is 5.75 Å². The maximum Gasteiger partial charge on any atom is 0.255 e. The van der Waals surface area contributed by atoms with Gasteiger partial charge in [0.15, 0.2) is 5.13 Å². The zero-order valence-electron chi connectivity index (χ0n) is 16.6. The number of thiazole rings is 2. The van der Waals surface area contributed by atoms with Crippen LogP contribution >= 0.6 is 22.7 Å². The van der Waals surface area contributed by atoms with Crippen molar-refractivity contribution in [3.05, 3.63) is 64.6 Å². The van der Waals surface area contributed by atoms with Crippen molar-refractivity contribution >= 4 is 49.6 Å². The van der Waals surface area contributed by atoms with Crippen molar-refractivity contribution < 1.29 is 14.3 Å². The standard InChI is InChI=1S/C22H20N4O3S2/c27-21(15-1-4-18(5-2-15)29-12-17-13-30-14-23-17)24-16-3-6-19-20(11-16)31-22(25-19)26-7-9-28-10-8-26/h1-6,11,13-14H,7-10,12H2,(H,24,27). The molecule has 158 valence electrons. The summed E-state index contributed by atoms with van der Waals surface area (Å²) < 4.78 is 12.2. The van der Waals surface area contributed by atoms with Gasteiger partial charge in [-0.3, -0.25) is 4.79 Å². The van der Waals surface area contributed by atoms with Crippen LogP contribution in [0.15, 0.2) is 53.4 Å². The molecule has 31 heavy (non-hydrogen) atoms. The predicted molar refractivity (Wildman–Crippen MR) is 123 cm³/mol. The van der Waals surface area contributed by atoms with Gasteiger partial charge in [-0.25, -0.2) is 9.97 Å². The minimum Gasteiger partial charge on any atom is -0.487 e. The molecule has 0 unspecified atom stereocenters. The van der Waals surface area contributed by atoms with E-state index in [-0.39, 0.29) is 5.91 Å². The number of morpholine rings is 1. The minimum absolute atomic E-state index is 0.164. The number of anilines is 2. The van der Waals surface area contributed by atoms with Crippen molar-refractivity contribution in [1.29, 1.82) is 0 Å². The summed E-state index contributed by atoms with van der Waals surface area (Å²) >= 11 is 3.17. The minimum atomic E-state index is -0.164. The fraction of sp³-hybridized carbons (Fsp3) is 0.227. The van der Waals surface area contributed by atoms with Crippen LogP contribution in [0.2, 0.25) is 0 Å². The molecule has 0 saturated carbocycles. The van der Waals surface area contributed by atoms with E-state index in [1.807, 2.05) is 23.6 Å². The Morgan fingerprint density at radius 3 is 2.77 bits per heavy atom. The second-order valence-electron chi connectivity index (χ2n) is 7.03. The van der Waals surface area contributed by atoms with Gasteiger partial charge < -0.3 is 19.7 Å². The molecule has 2 aromatic heterocycles. The first kappa shape index (κ1) is 19.9. The van der Waals surface area contributed by atoms with E-state index in [2.05, 4.69) is 15.2 Å². The average molecular weight is 453 g/mol. The molecule has 2 aromatic carbocycles. The molecule has 0 spiro atoms. The highest BCUT2D eigenvalue weighted by Crippen LogP contribution is 2.31. The van der Waals surface area contributed by atoms with E-state index in [1.54, 1.807) is 41.1 Å². The number of aromatic nitrogens is 2. The third-order valence-corrected chi connectivity index (χ3v) is 6.62. The van der Waals surface area contributed by atoms with Crippen LogP contribution in [-0.4, -0.2) is 42.2 Å². The number of nitrogens with one attached hydrogen (secondary N) is 1. The third kappa shape index (κ3) is 4.68. The summed E-state index contributed by atoms with van der Waals surface area (Å²) in [5, 5.41) is 5.92. The number of benzene rings is 2. The van der Waals surface area contributed by atoms with E-state index in [0.717, 1.165) is 53.0 Å². The number of fused-ring (bicyclic) bond motifs is 1. The topological polar surface area (TPSA) is 76.6 Å². The fourth-order valence-corrected chi connectivity index (χ4v) is 4.85. The first-order chi connectivity index (χ1) is 15.2. The molecule has 7 nitrogen and oxygen atoms in total. The van der Waals surface area contributed by atoms with Crippen molar-refractivity contribution in [2.75, 3.05) is 36.5 Å². The molecule has 1 saturated heterocycles. The number of rotatable bonds is 6. The maximum absolute atomic E-state index is 12.7. The molecule has 1 aliphatic rings. The van der Waals surface area contributed by atoms with Gasteiger partial charge in [0.05, 0.1) is 34.6 Å². The summed E-state index contributed by atoms with van der Waals surface area (Å²) in [5.74, 6) is 0.537. The fourth-order valence-electron chi connectivity index (χ4n) is 3.25. The van der Waals surface area contributed by atoms with Crippen LogP contribution in [-0.2, 0) is 11.3 Å². The van der Waals surface area contributed by atoms with E-state index in [1.165, 1.54) is 11.3 Å². The third-order valence-electron chi connectivity index (χ3n) is 4.90. The van der Waals surface area contributed by atoms with E-state index >= 15 is 0 Å². The number of ether oxygens (including phenoxy) is 2. The van der Waals surface area contributed by atoms with Crippen LogP contribution in [0.4, 0.5) is 10.8 Å². The highest BCUT2D eigenvalue weighted by molar-refractivity contribution is 7.22. The van der Waals surface area contributed by atoms with Gasteiger partial charge >= 0.3 is 0 Å². The Morgan fingerprint density at radius 1 is 1.16 bits per heavy atom. The van der Waals surface area contributed by atoms with Gasteiger partial charge in [0.25, 0.3) is 5.91 Å². The lowest BCUT2D eigenvalue weighted by Gasteiger charge is -2.25. The van der Waals surface area contributed by atoms with Gasteiger partial charge in [-0.2, -0.15) is 0 Å². The molecule has 0 aliphatic carbocycles. The second kappa shape index (κ2) is 9.01. The summed E-state index contributed by atoms with van der Waals surface area (Å²) in [7, 11) is 0. The molecule has 1 N–H and O–H groups in total. The molecule has 5 rings (SSSR count). The normalized spacial score (nSPS) is 14.0. The van der Waals surface area contributed by atoms with Crippen LogP contribution in [0.25, 0.3) is 10.2 Å². The van der Waals surface area contributed by atoms with Crippen molar-refractivity contribution in [2.24, 2.45) is 0 Å². The number of nitrogens with zero attached hydrogens (tertiary/aromatic N) is 3. The molecular weight excluding hydrogens is 432 g/mol. The number of carbonyl (C=O) groups excluding carboxylic acids is 1. The van der Waals surface area contributed by atoms with Crippen LogP contribution in [0.1, 0.15) is 16.1 Å². The Kier molecular flexibility index (Phi) is 5.79. The number of hydrogen-bond donors (Lipinski definition) is 1. The van der Waals surface area contributed by atoms with Gasteiger partial charge in [0.2, 0.25) is 0 Å². The Morgan fingerprint density at radius 2 is 2.00 bits per heavy atom. The monoisotopic (exact) mass is 452 g/mol. The molecule has 3 heterocycles. The van der Waals surface area contributed by atoms with Gasteiger partial charge in [-0.05, 0) is 42.5 Å².